The number of aliphatic hydroxyl groups excluding tert-OH is 1. The van der Waals surface area contributed by atoms with Crippen LogP contribution in [0.2, 0.25) is 0 Å². The lowest BCUT2D eigenvalue weighted by Gasteiger charge is -2.15. The fourth-order valence-electron chi connectivity index (χ4n) is 2.32. The topological polar surface area (TPSA) is 59.3 Å². The van der Waals surface area contributed by atoms with Gasteiger partial charge in [-0.2, -0.15) is 0 Å². The number of aromatic nitrogens is 1. The third kappa shape index (κ3) is 2.56. The summed E-state index contributed by atoms with van der Waals surface area (Å²) in [6, 6.07) is 20.4. The van der Waals surface area contributed by atoms with Crippen LogP contribution in [0.25, 0.3) is 0 Å². The number of nitrogens with zero attached hydrogens (tertiary/aromatic N) is 1. The molecule has 0 bridgehead atoms. The zero-order chi connectivity index (χ0) is 15.6. The number of hydrogen-bond acceptors (Lipinski definition) is 3. The molecule has 22 heavy (non-hydrogen) atoms. The lowest BCUT2D eigenvalue weighted by atomic mass is 10.1. The lowest BCUT2D eigenvalue weighted by molar-refractivity contribution is 0.214. The summed E-state index contributed by atoms with van der Waals surface area (Å²) in [5.74, 6) is 0. The van der Waals surface area contributed by atoms with Crippen molar-refractivity contribution >= 4 is 10.0 Å². The van der Waals surface area contributed by atoms with Crippen molar-refractivity contribution in [2.24, 2.45) is 0 Å². The van der Waals surface area contributed by atoms with Crippen molar-refractivity contribution in [3.8, 4) is 0 Å². The molecule has 2 aromatic carbocycles. The Balaban J connectivity index is 2.07. The minimum absolute atomic E-state index is 0.188. The lowest BCUT2D eigenvalue weighted by Crippen LogP contribution is -2.17. The molecule has 0 aliphatic rings. The molecule has 0 aliphatic heterocycles. The molecule has 3 rings (SSSR count). The maximum Gasteiger partial charge on any atom is 0.267 e. The summed E-state index contributed by atoms with van der Waals surface area (Å²) >= 11 is 0. The van der Waals surface area contributed by atoms with E-state index in [-0.39, 0.29) is 4.90 Å². The van der Waals surface area contributed by atoms with Crippen molar-refractivity contribution in [2.45, 2.75) is 11.0 Å². The Morgan fingerprint density at radius 1 is 0.818 bits per heavy atom. The fourth-order valence-corrected chi connectivity index (χ4v) is 3.72. The highest BCUT2D eigenvalue weighted by atomic mass is 32.2. The molecule has 0 saturated heterocycles. The van der Waals surface area contributed by atoms with Gasteiger partial charge in [-0.3, -0.25) is 0 Å². The molecular formula is C17H15NO3S. The normalized spacial score (nSPS) is 13.0. The molecule has 0 aliphatic carbocycles. The van der Waals surface area contributed by atoms with Crippen LogP contribution in [-0.4, -0.2) is 17.5 Å². The molecule has 0 radical (unpaired) electrons. The van der Waals surface area contributed by atoms with Crippen molar-refractivity contribution in [3.63, 3.8) is 0 Å². The molecule has 112 valence electrons. The van der Waals surface area contributed by atoms with Crippen molar-refractivity contribution in [1.82, 2.24) is 3.97 Å². The van der Waals surface area contributed by atoms with Gasteiger partial charge in [0.1, 0.15) is 6.10 Å². The van der Waals surface area contributed by atoms with Crippen LogP contribution in [0.4, 0.5) is 0 Å². The van der Waals surface area contributed by atoms with E-state index in [1.165, 1.54) is 18.3 Å². The Hall–Kier alpha value is -2.37. The molecule has 1 aromatic heterocycles. The Bertz CT molecular complexity index is 855. The number of rotatable bonds is 4. The van der Waals surface area contributed by atoms with E-state index in [2.05, 4.69) is 0 Å². The molecule has 0 spiro atoms. The number of hydrogen-bond donors (Lipinski definition) is 1. The summed E-state index contributed by atoms with van der Waals surface area (Å²) < 4.78 is 26.5. The summed E-state index contributed by atoms with van der Waals surface area (Å²) in [5, 5.41) is 10.5. The smallest absolute Gasteiger partial charge is 0.267 e. The minimum Gasteiger partial charge on any atom is -0.382 e. The molecule has 4 nitrogen and oxygen atoms in total. The molecule has 1 unspecified atom stereocenters. The van der Waals surface area contributed by atoms with Gasteiger partial charge in [-0.25, -0.2) is 12.4 Å². The number of aliphatic hydroxyl groups is 1. The predicted octanol–water partition coefficient (Wildman–Crippen LogP) is 2.81. The van der Waals surface area contributed by atoms with Crippen LogP contribution in [0.3, 0.4) is 0 Å². The first kappa shape index (κ1) is 14.6. The van der Waals surface area contributed by atoms with Crippen molar-refractivity contribution in [3.05, 3.63) is 90.3 Å². The standard InChI is InChI=1S/C17H15NO3S/c19-17(14-8-3-1-4-9-14)16-12-7-13-18(16)22(20,21)15-10-5-2-6-11-15/h1-13,17,19H. The molecule has 1 atom stereocenters. The third-order valence-corrected chi connectivity index (χ3v) is 5.16. The second-order valence-electron chi connectivity index (χ2n) is 4.86. The van der Waals surface area contributed by atoms with Crippen molar-refractivity contribution < 1.29 is 13.5 Å². The molecule has 0 amide bonds. The van der Waals surface area contributed by atoms with Crippen LogP contribution in [0.5, 0.6) is 0 Å². The van der Waals surface area contributed by atoms with E-state index in [1.54, 1.807) is 54.6 Å². The maximum absolute atomic E-state index is 12.7. The van der Waals surface area contributed by atoms with Gasteiger partial charge >= 0.3 is 0 Å². The van der Waals surface area contributed by atoms with E-state index in [0.29, 0.717) is 11.3 Å². The van der Waals surface area contributed by atoms with E-state index in [9.17, 15) is 13.5 Å². The quantitative estimate of drug-likeness (QED) is 0.806. The average Bonchev–Trinajstić information content (AvgIpc) is 3.06. The molecule has 1 N–H and O–H groups in total. The molecule has 5 heteroatoms. The van der Waals surface area contributed by atoms with E-state index >= 15 is 0 Å². The first-order chi connectivity index (χ1) is 10.6. The fraction of sp³-hybridized carbons (Fsp3) is 0.0588. The minimum atomic E-state index is -3.72. The second-order valence-corrected chi connectivity index (χ2v) is 6.68. The second kappa shape index (κ2) is 5.79. The van der Waals surface area contributed by atoms with E-state index in [1.807, 2.05) is 6.07 Å². The largest absolute Gasteiger partial charge is 0.382 e. The zero-order valence-electron chi connectivity index (χ0n) is 11.7. The van der Waals surface area contributed by atoms with Crippen LogP contribution in [0.1, 0.15) is 17.4 Å². The van der Waals surface area contributed by atoms with Gasteiger partial charge in [-0.15, -0.1) is 0 Å². The van der Waals surface area contributed by atoms with Crippen LogP contribution >= 0.6 is 0 Å². The Labute approximate surface area is 129 Å². The average molecular weight is 313 g/mol. The van der Waals surface area contributed by atoms with Gasteiger partial charge in [0, 0.05) is 6.20 Å². The number of benzene rings is 2. The van der Waals surface area contributed by atoms with E-state index in [4.69, 9.17) is 0 Å². The van der Waals surface area contributed by atoms with Crippen LogP contribution in [-0.2, 0) is 10.0 Å². The predicted molar refractivity (Wildman–Crippen MR) is 84.0 cm³/mol. The Morgan fingerprint density at radius 3 is 2.05 bits per heavy atom. The van der Waals surface area contributed by atoms with Gasteiger partial charge in [-0.05, 0) is 29.8 Å². The van der Waals surface area contributed by atoms with Gasteiger partial charge in [0.15, 0.2) is 0 Å². The Kier molecular flexibility index (Phi) is 3.83. The highest BCUT2D eigenvalue weighted by Gasteiger charge is 2.23. The summed E-state index contributed by atoms with van der Waals surface area (Å²) in [7, 11) is -3.72. The van der Waals surface area contributed by atoms with E-state index < -0.39 is 16.1 Å². The van der Waals surface area contributed by atoms with Crippen molar-refractivity contribution in [1.29, 1.82) is 0 Å². The summed E-state index contributed by atoms with van der Waals surface area (Å²) in [6.07, 6.45) is 0.443. The molecular weight excluding hydrogens is 298 g/mol. The third-order valence-electron chi connectivity index (χ3n) is 3.44. The Morgan fingerprint density at radius 2 is 1.41 bits per heavy atom. The van der Waals surface area contributed by atoms with Crippen LogP contribution < -0.4 is 0 Å². The van der Waals surface area contributed by atoms with Gasteiger partial charge in [0.2, 0.25) is 0 Å². The highest BCUT2D eigenvalue weighted by Crippen LogP contribution is 2.25. The molecule has 1 heterocycles. The monoisotopic (exact) mass is 313 g/mol. The van der Waals surface area contributed by atoms with Gasteiger partial charge in [0.05, 0.1) is 10.6 Å². The first-order valence-electron chi connectivity index (χ1n) is 6.81. The SMILES string of the molecule is O=S(=O)(c1ccccc1)n1cccc1C(O)c1ccccc1. The van der Waals surface area contributed by atoms with E-state index in [0.717, 1.165) is 3.97 Å². The van der Waals surface area contributed by atoms with Gasteiger partial charge in [-0.1, -0.05) is 48.5 Å². The molecule has 3 aromatic rings. The van der Waals surface area contributed by atoms with Crippen molar-refractivity contribution in [2.75, 3.05) is 0 Å². The molecule has 0 fully saturated rings. The van der Waals surface area contributed by atoms with Gasteiger partial charge in [0.25, 0.3) is 10.0 Å². The highest BCUT2D eigenvalue weighted by molar-refractivity contribution is 7.90. The van der Waals surface area contributed by atoms with Crippen LogP contribution in [0.15, 0.2) is 83.9 Å². The first-order valence-corrected chi connectivity index (χ1v) is 8.25. The zero-order valence-corrected chi connectivity index (χ0v) is 12.5. The summed E-state index contributed by atoms with van der Waals surface area (Å²) in [6.45, 7) is 0. The summed E-state index contributed by atoms with van der Waals surface area (Å²) in [5.41, 5.74) is 0.959. The summed E-state index contributed by atoms with van der Waals surface area (Å²) in [4.78, 5) is 0.188. The molecule has 0 saturated carbocycles. The van der Waals surface area contributed by atoms with Gasteiger partial charge < -0.3 is 5.11 Å². The maximum atomic E-state index is 12.7. The van der Waals surface area contributed by atoms with Crippen LogP contribution in [0, 0.1) is 0 Å².